The third kappa shape index (κ3) is 6.84. The van der Waals surface area contributed by atoms with E-state index in [4.69, 9.17) is 9.73 Å². The third-order valence-corrected chi connectivity index (χ3v) is 5.84. The molecule has 0 spiro atoms. The fourth-order valence-electron chi connectivity index (χ4n) is 4.46. The van der Waals surface area contributed by atoms with Crippen molar-refractivity contribution in [2.24, 2.45) is 10.4 Å². The number of anilines is 1. The highest BCUT2D eigenvalue weighted by molar-refractivity contribution is 6.04. The second-order valence-corrected chi connectivity index (χ2v) is 9.15. The van der Waals surface area contributed by atoms with Crippen molar-refractivity contribution in [1.29, 1.82) is 0 Å². The van der Waals surface area contributed by atoms with Gasteiger partial charge in [0.25, 0.3) is 0 Å². The van der Waals surface area contributed by atoms with E-state index in [0.29, 0.717) is 25.2 Å². The molecule has 160 valence electrons. The third-order valence-electron chi connectivity index (χ3n) is 5.84. The van der Waals surface area contributed by atoms with Crippen molar-refractivity contribution in [1.82, 2.24) is 4.90 Å². The molecule has 0 unspecified atom stereocenters. The van der Waals surface area contributed by atoms with E-state index in [1.165, 1.54) is 12.1 Å². The molecular formula is C24H37N3O2. The Labute approximate surface area is 176 Å². The van der Waals surface area contributed by atoms with Crippen molar-refractivity contribution in [2.45, 2.75) is 52.9 Å². The number of hydrogen-bond donors (Lipinski definition) is 0. The summed E-state index contributed by atoms with van der Waals surface area (Å²) in [5, 5.41) is 0. The minimum atomic E-state index is 0.0933. The minimum Gasteiger partial charge on any atom is -0.494 e. The highest BCUT2D eigenvalue weighted by atomic mass is 16.5. The van der Waals surface area contributed by atoms with Gasteiger partial charge in [-0.3, -0.25) is 14.7 Å². The van der Waals surface area contributed by atoms with Gasteiger partial charge in [-0.2, -0.15) is 0 Å². The van der Waals surface area contributed by atoms with Crippen LogP contribution in [0.5, 0.6) is 5.75 Å². The smallest absolute Gasteiger partial charge is 0.139 e. The van der Waals surface area contributed by atoms with Crippen LogP contribution in [0.3, 0.4) is 0 Å². The lowest BCUT2D eigenvalue weighted by Crippen LogP contribution is -2.46. The molecule has 0 amide bonds. The van der Waals surface area contributed by atoms with Crippen molar-refractivity contribution < 1.29 is 9.53 Å². The average Bonchev–Trinajstić information content (AvgIpc) is 2.67. The van der Waals surface area contributed by atoms with E-state index in [0.717, 1.165) is 63.6 Å². The van der Waals surface area contributed by atoms with Gasteiger partial charge in [-0.25, -0.2) is 0 Å². The van der Waals surface area contributed by atoms with Crippen molar-refractivity contribution in [3.63, 3.8) is 0 Å². The first kappa shape index (κ1) is 21.8. The van der Waals surface area contributed by atoms with Gasteiger partial charge in [0.1, 0.15) is 11.5 Å². The Kier molecular flexibility index (Phi) is 7.70. The van der Waals surface area contributed by atoms with Crippen LogP contribution in [-0.4, -0.2) is 62.3 Å². The van der Waals surface area contributed by atoms with Gasteiger partial charge < -0.3 is 9.64 Å². The van der Waals surface area contributed by atoms with Crippen molar-refractivity contribution >= 4 is 17.2 Å². The molecule has 0 N–H and O–H groups in total. The molecule has 0 atom stereocenters. The number of unbranched alkanes of at least 4 members (excludes halogenated alkanes) is 1. The van der Waals surface area contributed by atoms with E-state index < -0.39 is 0 Å². The number of ketones is 1. The monoisotopic (exact) mass is 399 g/mol. The topological polar surface area (TPSA) is 45.1 Å². The fraction of sp³-hybridized carbons (Fsp3) is 0.667. The first-order valence-corrected chi connectivity index (χ1v) is 11.2. The zero-order valence-electron chi connectivity index (χ0n) is 18.5. The molecule has 5 nitrogen and oxygen atoms in total. The van der Waals surface area contributed by atoms with E-state index in [2.05, 4.69) is 41.8 Å². The Balaban J connectivity index is 1.35. The van der Waals surface area contributed by atoms with Gasteiger partial charge in [-0.05, 0) is 50.3 Å². The molecular weight excluding hydrogens is 362 g/mol. The maximum atomic E-state index is 11.9. The molecule has 0 bridgehead atoms. The fourth-order valence-corrected chi connectivity index (χ4v) is 4.46. The maximum absolute atomic E-state index is 11.9. The van der Waals surface area contributed by atoms with E-state index in [9.17, 15) is 4.79 Å². The Morgan fingerprint density at radius 2 is 1.90 bits per heavy atom. The van der Waals surface area contributed by atoms with Gasteiger partial charge in [0.05, 0.1) is 6.61 Å². The lowest BCUT2D eigenvalue weighted by Gasteiger charge is -2.36. The number of aliphatic imine (C=N–C) groups is 1. The molecule has 29 heavy (non-hydrogen) atoms. The molecule has 1 saturated carbocycles. The quantitative estimate of drug-likeness (QED) is 0.615. The standard InChI is InChI=1S/C24H37N3O2/c1-4-29-23-9-7-8-21(17-23)27-14-12-26(13-15-27)11-6-5-10-25-20-16-22(28)19-24(2,3)18-20/h7-9,17H,4-6,10-16,18-19H2,1-3H3. The summed E-state index contributed by atoms with van der Waals surface area (Å²) in [6.45, 7) is 13.4. The normalized spacial score (nSPS) is 21.6. The molecule has 1 saturated heterocycles. The predicted molar refractivity (Wildman–Crippen MR) is 120 cm³/mol. The zero-order chi connectivity index (χ0) is 20.7. The summed E-state index contributed by atoms with van der Waals surface area (Å²) in [5.41, 5.74) is 2.47. The molecule has 1 heterocycles. The molecule has 5 heteroatoms. The summed E-state index contributed by atoms with van der Waals surface area (Å²) < 4.78 is 5.63. The van der Waals surface area contributed by atoms with Crippen LogP contribution in [0.15, 0.2) is 29.3 Å². The summed E-state index contributed by atoms with van der Waals surface area (Å²) in [5.74, 6) is 1.31. The number of Topliss-reactive ketones (excluding diaryl/α,β-unsaturated/α-hetero) is 1. The number of carbonyl (C=O) groups is 1. The first-order chi connectivity index (χ1) is 13.9. The minimum absolute atomic E-state index is 0.0933. The number of piperazine rings is 1. The van der Waals surface area contributed by atoms with Gasteiger partial charge >= 0.3 is 0 Å². The van der Waals surface area contributed by atoms with E-state index in [1.807, 2.05) is 13.0 Å². The Morgan fingerprint density at radius 3 is 2.62 bits per heavy atom. The van der Waals surface area contributed by atoms with Crippen LogP contribution < -0.4 is 9.64 Å². The van der Waals surface area contributed by atoms with Crippen LogP contribution >= 0.6 is 0 Å². The number of rotatable bonds is 8. The summed E-state index contributed by atoms with van der Waals surface area (Å²) in [4.78, 5) is 21.6. The molecule has 2 fully saturated rings. The average molecular weight is 400 g/mol. The van der Waals surface area contributed by atoms with Crippen LogP contribution in [0.1, 0.15) is 52.9 Å². The molecule has 1 aromatic carbocycles. The summed E-state index contributed by atoms with van der Waals surface area (Å²) >= 11 is 0. The number of carbonyl (C=O) groups excluding carboxylic acids is 1. The summed E-state index contributed by atoms with van der Waals surface area (Å²) in [6.07, 6.45) is 4.54. The molecule has 2 aliphatic rings. The molecule has 0 radical (unpaired) electrons. The largest absolute Gasteiger partial charge is 0.494 e. The van der Waals surface area contributed by atoms with E-state index in [1.54, 1.807) is 0 Å². The molecule has 1 aliphatic heterocycles. The molecule has 1 aromatic rings. The SMILES string of the molecule is CCOc1cccc(N2CCN(CCCCN=C3CC(=O)CC(C)(C)C3)CC2)c1. The van der Waals surface area contributed by atoms with Crippen LogP contribution in [0.4, 0.5) is 5.69 Å². The van der Waals surface area contributed by atoms with Crippen molar-refractivity contribution in [3.8, 4) is 5.75 Å². The van der Waals surface area contributed by atoms with Gasteiger partial charge in [0, 0.05) is 63.0 Å². The van der Waals surface area contributed by atoms with Gasteiger partial charge in [-0.15, -0.1) is 0 Å². The van der Waals surface area contributed by atoms with Crippen LogP contribution in [0.25, 0.3) is 0 Å². The summed E-state index contributed by atoms with van der Waals surface area (Å²) in [6, 6.07) is 8.43. The van der Waals surface area contributed by atoms with Crippen molar-refractivity contribution in [3.05, 3.63) is 24.3 Å². The van der Waals surface area contributed by atoms with E-state index in [-0.39, 0.29) is 5.41 Å². The Morgan fingerprint density at radius 1 is 1.10 bits per heavy atom. The summed E-state index contributed by atoms with van der Waals surface area (Å²) in [7, 11) is 0. The highest BCUT2D eigenvalue weighted by Gasteiger charge is 2.30. The lowest BCUT2D eigenvalue weighted by molar-refractivity contribution is -0.120. The number of hydrogen-bond acceptors (Lipinski definition) is 5. The van der Waals surface area contributed by atoms with Gasteiger partial charge in [0.2, 0.25) is 0 Å². The van der Waals surface area contributed by atoms with Gasteiger partial charge in [-0.1, -0.05) is 19.9 Å². The predicted octanol–water partition coefficient (Wildman–Crippen LogP) is 4.21. The molecule has 1 aliphatic carbocycles. The van der Waals surface area contributed by atoms with Crippen LogP contribution in [0, 0.1) is 5.41 Å². The Bertz CT molecular complexity index is 706. The first-order valence-electron chi connectivity index (χ1n) is 11.2. The van der Waals surface area contributed by atoms with Crippen molar-refractivity contribution in [2.75, 3.05) is 50.8 Å². The molecule has 0 aromatic heterocycles. The van der Waals surface area contributed by atoms with Crippen LogP contribution in [0.2, 0.25) is 0 Å². The highest BCUT2D eigenvalue weighted by Crippen LogP contribution is 2.31. The zero-order valence-corrected chi connectivity index (χ0v) is 18.5. The second kappa shape index (κ2) is 10.2. The maximum Gasteiger partial charge on any atom is 0.139 e. The van der Waals surface area contributed by atoms with Gasteiger partial charge in [0.15, 0.2) is 0 Å². The number of nitrogens with zero attached hydrogens (tertiary/aromatic N) is 3. The second-order valence-electron chi connectivity index (χ2n) is 9.15. The Hall–Kier alpha value is -1.88. The van der Waals surface area contributed by atoms with E-state index >= 15 is 0 Å². The number of ether oxygens (including phenoxy) is 1. The lowest BCUT2D eigenvalue weighted by atomic mass is 9.76. The number of benzene rings is 1. The molecule has 3 rings (SSSR count). The van der Waals surface area contributed by atoms with Crippen LogP contribution in [-0.2, 0) is 4.79 Å².